The maximum Gasteiger partial charge on any atom is 0.227 e. The van der Waals surface area contributed by atoms with E-state index in [1.807, 2.05) is 29.0 Å². The van der Waals surface area contributed by atoms with Crippen LogP contribution in [0.5, 0.6) is 0 Å². The lowest BCUT2D eigenvalue weighted by Gasteiger charge is -2.22. The minimum atomic E-state index is -0.0576. The van der Waals surface area contributed by atoms with Gasteiger partial charge in [-0.3, -0.25) is 4.79 Å². The number of hydrogen-bond donors (Lipinski definition) is 1. The van der Waals surface area contributed by atoms with Crippen molar-refractivity contribution < 1.29 is 9.32 Å². The van der Waals surface area contributed by atoms with Crippen LogP contribution in [0.15, 0.2) is 45.6 Å². The molecule has 1 saturated heterocycles. The van der Waals surface area contributed by atoms with Crippen molar-refractivity contribution >= 4 is 28.6 Å². The summed E-state index contributed by atoms with van der Waals surface area (Å²) in [6.45, 7) is 2.23. The van der Waals surface area contributed by atoms with Gasteiger partial charge >= 0.3 is 0 Å². The Hall–Kier alpha value is -2.67. The molecule has 2 aromatic heterocycles. The van der Waals surface area contributed by atoms with Crippen LogP contribution < -0.4 is 10.2 Å². The molecule has 0 atom stereocenters. The van der Waals surface area contributed by atoms with Gasteiger partial charge in [0.25, 0.3) is 0 Å². The number of hydrogen-bond acceptors (Lipinski definition) is 6. The SMILES string of the molecule is O=C(CCc1nc(-c2ccsc2)no1)Nc1ccc(N2CCCCCC2)cc1. The Labute approximate surface area is 168 Å². The number of benzene rings is 1. The van der Waals surface area contributed by atoms with Crippen LogP contribution in [0.4, 0.5) is 11.4 Å². The summed E-state index contributed by atoms with van der Waals surface area (Å²) in [5.74, 6) is 0.992. The monoisotopic (exact) mass is 396 g/mol. The van der Waals surface area contributed by atoms with Gasteiger partial charge in [0.05, 0.1) is 0 Å². The fraction of sp³-hybridized carbons (Fsp3) is 0.381. The second kappa shape index (κ2) is 9.01. The molecule has 0 unspecified atom stereocenters. The molecule has 7 heteroatoms. The Morgan fingerprint density at radius 1 is 1.11 bits per heavy atom. The molecule has 3 aromatic rings. The van der Waals surface area contributed by atoms with Crippen molar-refractivity contribution in [3.05, 3.63) is 47.0 Å². The van der Waals surface area contributed by atoms with Crippen LogP contribution >= 0.6 is 11.3 Å². The number of carbonyl (C=O) groups excluding carboxylic acids is 1. The molecule has 0 aliphatic carbocycles. The molecule has 3 heterocycles. The van der Waals surface area contributed by atoms with E-state index in [9.17, 15) is 4.79 Å². The van der Waals surface area contributed by atoms with Gasteiger partial charge in [-0.2, -0.15) is 16.3 Å². The Morgan fingerprint density at radius 3 is 2.61 bits per heavy atom. The van der Waals surface area contributed by atoms with Crippen LogP contribution in [-0.2, 0) is 11.2 Å². The highest BCUT2D eigenvalue weighted by molar-refractivity contribution is 7.08. The maximum absolute atomic E-state index is 12.2. The van der Waals surface area contributed by atoms with Crippen molar-refractivity contribution in [2.45, 2.75) is 38.5 Å². The van der Waals surface area contributed by atoms with Crippen LogP contribution in [-0.4, -0.2) is 29.1 Å². The number of thiophene rings is 1. The van der Waals surface area contributed by atoms with Crippen LogP contribution in [0.3, 0.4) is 0 Å². The summed E-state index contributed by atoms with van der Waals surface area (Å²) in [5, 5.41) is 10.8. The van der Waals surface area contributed by atoms with Gasteiger partial charge in [0, 0.05) is 48.2 Å². The van der Waals surface area contributed by atoms with E-state index >= 15 is 0 Å². The zero-order chi connectivity index (χ0) is 19.2. The van der Waals surface area contributed by atoms with Crippen LogP contribution in [0.25, 0.3) is 11.4 Å². The molecule has 1 aromatic carbocycles. The normalized spacial score (nSPS) is 14.6. The third-order valence-corrected chi connectivity index (χ3v) is 5.62. The molecule has 146 valence electrons. The van der Waals surface area contributed by atoms with Gasteiger partial charge in [-0.05, 0) is 48.6 Å². The number of amides is 1. The third kappa shape index (κ3) is 4.78. The quantitative estimate of drug-likeness (QED) is 0.651. The molecule has 1 N–H and O–H groups in total. The van der Waals surface area contributed by atoms with E-state index in [4.69, 9.17) is 4.52 Å². The minimum absolute atomic E-state index is 0.0576. The average Bonchev–Trinajstić information content (AvgIpc) is 3.34. The highest BCUT2D eigenvalue weighted by Gasteiger charge is 2.12. The lowest BCUT2D eigenvalue weighted by Crippen LogP contribution is -2.23. The third-order valence-electron chi connectivity index (χ3n) is 4.94. The molecule has 0 spiro atoms. The molecule has 1 amide bonds. The van der Waals surface area contributed by atoms with Gasteiger partial charge in [-0.1, -0.05) is 18.0 Å². The van der Waals surface area contributed by atoms with Crippen molar-refractivity contribution in [3.8, 4) is 11.4 Å². The van der Waals surface area contributed by atoms with Gasteiger partial charge in [0.15, 0.2) is 0 Å². The number of nitrogens with zero attached hydrogens (tertiary/aromatic N) is 3. The second-order valence-electron chi connectivity index (χ2n) is 7.02. The van der Waals surface area contributed by atoms with E-state index in [0.717, 1.165) is 24.3 Å². The average molecular weight is 397 g/mol. The fourth-order valence-electron chi connectivity index (χ4n) is 3.39. The van der Waals surface area contributed by atoms with Crippen molar-refractivity contribution in [1.29, 1.82) is 0 Å². The van der Waals surface area contributed by atoms with E-state index in [1.54, 1.807) is 11.3 Å². The van der Waals surface area contributed by atoms with Crippen molar-refractivity contribution in [2.75, 3.05) is 23.3 Å². The first-order valence-corrected chi connectivity index (χ1v) is 10.7. The highest BCUT2D eigenvalue weighted by atomic mass is 32.1. The molecule has 1 aliphatic heterocycles. The van der Waals surface area contributed by atoms with Gasteiger partial charge in [-0.15, -0.1) is 0 Å². The molecular weight excluding hydrogens is 372 g/mol. The Kier molecular flexibility index (Phi) is 6.01. The molecule has 1 fully saturated rings. The number of carbonyl (C=O) groups is 1. The first kappa shape index (κ1) is 18.7. The Balaban J connectivity index is 1.28. The Bertz CT molecular complexity index is 882. The molecule has 28 heavy (non-hydrogen) atoms. The van der Waals surface area contributed by atoms with Crippen molar-refractivity contribution in [2.24, 2.45) is 0 Å². The van der Waals surface area contributed by atoms with Crippen LogP contribution in [0, 0.1) is 0 Å². The summed E-state index contributed by atoms with van der Waals surface area (Å²) in [6, 6.07) is 10.1. The predicted molar refractivity (Wildman–Crippen MR) is 112 cm³/mol. The molecular formula is C21H24N4O2S. The number of rotatable bonds is 6. The molecule has 6 nitrogen and oxygen atoms in total. The lowest BCUT2D eigenvalue weighted by molar-refractivity contribution is -0.116. The zero-order valence-corrected chi connectivity index (χ0v) is 16.6. The van der Waals surface area contributed by atoms with E-state index in [0.29, 0.717) is 24.6 Å². The largest absolute Gasteiger partial charge is 0.372 e. The predicted octanol–water partition coefficient (Wildman–Crippen LogP) is 4.75. The maximum atomic E-state index is 12.2. The molecule has 4 rings (SSSR count). The smallest absolute Gasteiger partial charge is 0.227 e. The first-order chi connectivity index (χ1) is 13.8. The number of aryl methyl sites for hydroxylation is 1. The van der Waals surface area contributed by atoms with Gasteiger partial charge < -0.3 is 14.7 Å². The summed E-state index contributed by atoms with van der Waals surface area (Å²) >= 11 is 1.59. The van der Waals surface area contributed by atoms with Crippen LogP contribution in [0.2, 0.25) is 0 Å². The summed E-state index contributed by atoms with van der Waals surface area (Å²) in [4.78, 5) is 19.0. The molecule has 0 saturated carbocycles. The van der Waals surface area contributed by atoms with Gasteiger partial charge in [0.2, 0.25) is 17.6 Å². The summed E-state index contributed by atoms with van der Waals surface area (Å²) in [7, 11) is 0. The van der Waals surface area contributed by atoms with Crippen LogP contribution in [0.1, 0.15) is 38.0 Å². The number of aromatic nitrogens is 2. The summed E-state index contributed by atoms with van der Waals surface area (Å²) in [6.07, 6.45) is 5.87. The lowest BCUT2D eigenvalue weighted by atomic mass is 10.2. The summed E-state index contributed by atoms with van der Waals surface area (Å²) < 4.78 is 5.24. The minimum Gasteiger partial charge on any atom is -0.372 e. The number of anilines is 2. The molecule has 0 radical (unpaired) electrons. The fourth-order valence-corrected chi connectivity index (χ4v) is 4.03. The first-order valence-electron chi connectivity index (χ1n) is 9.78. The molecule has 1 aliphatic rings. The van der Waals surface area contributed by atoms with Crippen molar-refractivity contribution in [3.63, 3.8) is 0 Å². The Morgan fingerprint density at radius 2 is 1.89 bits per heavy atom. The summed E-state index contributed by atoms with van der Waals surface area (Å²) in [5.41, 5.74) is 2.98. The standard InChI is InChI=1S/C21H24N4O2S/c26-19(9-10-20-23-21(24-27-20)16-11-14-28-15-16)22-17-5-7-18(8-6-17)25-12-3-1-2-4-13-25/h5-8,11,14-15H,1-4,9-10,12-13H2,(H,22,26). The van der Waals surface area contributed by atoms with Crippen molar-refractivity contribution in [1.82, 2.24) is 10.1 Å². The van der Waals surface area contributed by atoms with E-state index in [2.05, 4.69) is 32.5 Å². The van der Waals surface area contributed by atoms with E-state index in [1.165, 1.54) is 31.4 Å². The van der Waals surface area contributed by atoms with E-state index < -0.39 is 0 Å². The topological polar surface area (TPSA) is 71.3 Å². The number of nitrogens with one attached hydrogen (secondary N) is 1. The van der Waals surface area contributed by atoms with Gasteiger partial charge in [-0.25, -0.2) is 0 Å². The zero-order valence-electron chi connectivity index (χ0n) is 15.8. The van der Waals surface area contributed by atoms with E-state index in [-0.39, 0.29) is 5.91 Å². The van der Waals surface area contributed by atoms with Gasteiger partial charge in [0.1, 0.15) is 0 Å². The highest BCUT2D eigenvalue weighted by Crippen LogP contribution is 2.22. The second-order valence-corrected chi connectivity index (χ2v) is 7.80. The molecule has 0 bridgehead atoms.